The summed E-state index contributed by atoms with van der Waals surface area (Å²) in [4.78, 5) is 0. The molecule has 2 N–H and O–H groups in total. The van der Waals surface area contributed by atoms with Crippen molar-refractivity contribution in [2.75, 3.05) is 0 Å². The van der Waals surface area contributed by atoms with Gasteiger partial charge in [0.2, 0.25) is 0 Å². The summed E-state index contributed by atoms with van der Waals surface area (Å²) in [5.41, 5.74) is 0. The molecule has 0 heterocycles. The molecule has 2 unspecified atom stereocenters. The molecule has 3 heteroatoms. The Morgan fingerprint density at radius 2 is 1.57 bits per heavy atom. The van der Waals surface area contributed by atoms with Crippen LogP contribution in [-0.4, -0.2) is 52.0 Å². The second-order valence-corrected chi connectivity index (χ2v) is 1.31. The Morgan fingerprint density at radius 1 is 1.43 bits per heavy atom. The molecule has 0 amide bonds. The zero-order chi connectivity index (χ0) is 5.15. The van der Waals surface area contributed by atoms with Crippen molar-refractivity contribution in [3.05, 3.63) is 6.92 Å². The molecule has 1 radical (unpaired) electrons. The van der Waals surface area contributed by atoms with Crippen LogP contribution in [0.5, 0.6) is 0 Å². The third kappa shape index (κ3) is 6.92. The van der Waals surface area contributed by atoms with E-state index in [1.165, 1.54) is 6.92 Å². The number of hydrogen-bond acceptors (Lipinski definition) is 2. The summed E-state index contributed by atoms with van der Waals surface area (Å²) in [7, 11) is 0. The van der Waals surface area contributed by atoms with Gasteiger partial charge in [-0.25, -0.2) is 0 Å². The first-order valence-corrected chi connectivity index (χ1v) is 1.84. The van der Waals surface area contributed by atoms with Gasteiger partial charge in [-0.05, 0) is 13.8 Å². The molecule has 0 fully saturated rings. The molecule has 0 rings (SSSR count). The third-order valence-corrected chi connectivity index (χ3v) is 0.557. The quantitative estimate of drug-likeness (QED) is 0.424. The Hall–Kier alpha value is 0.920. The SMILES string of the molecule is [CH2]C(O)C(C)O.[NaH]. The second-order valence-electron chi connectivity index (χ2n) is 1.31. The molecule has 39 valence electrons. The van der Waals surface area contributed by atoms with Gasteiger partial charge in [0, 0.05) is 0 Å². The summed E-state index contributed by atoms with van der Waals surface area (Å²) in [6.45, 7) is 4.63. The standard InChI is InChI=1S/C4H9O2.Na.H/c1-3(5)4(2)6;;/h3-6H,1H2,2H3;;. The van der Waals surface area contributed by atoms with Gasteiger partial charge in [0.25, 0.3) is 0 Å². The molecule has 0 aromatic rings. The molecule has 0 bridgehead atoms. The van der Waals surface area contributed by atoms with Crippen LogP contribution in [0.4, 0.5) is 0 Å². The molecule has 0 saturated carbocycles. The Labute approximate surface area is 65.8 Å². The third-order valence-electron chi connectivity index (χ3n) is 0.557. The van der Waals surface area contributed by atoms with E-state index in [-0.39, 0.29) is 29.6 Å². The summed E-state index contributed by atoms with van der Waals surface area (Å²) >= 11 is 0. The fourth-order valence-electron chi connectivity index (χ4n) is 0. The molecular weight excluding hydrogens is 103 g/mol. The average molecular weight is 113 g/mol. The molecule has 0 aliphatic carbocycles. The average Bonchev–Trinajstić information content (AvgIpc) is 1.36. The summed E-state index contributed by atoms with van der Waals surface area (Å²) in [6.07, 6.45) is -1.55. The fraction of sp³-hybridized carbons (Fsp3) is 0.750. The summed E-state index contributed by atoms with van der Waals surface area (Å²) in [5.74, 6) is 0. The monoisotopic (exact) mass is 113 g/mol. The Morgan fingerprint density at radius 3 is 1.57 bits per heavy atom. The van der Waals surface area contributed by atoms with Crippen LogP contribution in [0.15, 0.2) is 0 Å². The van der Waals surface area contributed by atoms with Crippen molar-refractivity contribution in [3.8, 4) is 0 Å². The van der Waals surface area contributed by atoms with Gasteiger partial charge < -0.3 is 10.2 Å². The molecule has 0 aromatic carbocycles. The van der Waals surface area contributed by atoms with Crippen LogP contribution in [0.3, 0.4) is 0 Å². The number of rotatable bonds is 1. The number of aliphatic hydroxyl groups is 2. The van der Waals surface area contributed by atoms with E-state index in [4.69, 9.17) is 10.2 Å². The van der Waals surface area contributed by atoms with Crippen LogP contribution >= 0.6 is 0 Å². The van der Waals surface area contributed by atoms with Crippen LogP contribution in [0, 0.1) is 6.92 Å². The molecule has 2 atom stereocenters. The molecule has 0 aromatic heterocycles. The van der Waals surface area contributed by atoms with Crippen molar-refractivity contribution in [1.29, 1.82) is 0 Å². The normalized spacial score (nSPS) is 17.1. The molecule has 7 heavy (non-hydrogen) atoms. The van der Waals surface area contributed by atoms with Crippen molar-refractivity contribution < 1.29 is 10.2 Å². The van der Waals surface area contributed by atoms with Crippen molar-refractivity contribution in [3.63, 3.8) is 0 Å². The predicted octanol–water partition coefficient (Wildman–Crippen LogP) is -1.09. The van der Waals surface area contributed by atoms with Gasteiger partial charge in [0.05, 0.1) is 12.2 Å². The van der Waals surface area contributed by atoms with Crippen molar-refractivity contribution >= 4 is 29.6 Å². The van der Waals surface area contributed by atoms with Crippen molar-refractivity contribution in [1.82, 2.24) is 0 Å². The molecule has 0 spiro atoms. The summed E-state index contributed by atoms with van der Waals surface area (Å²) < 4.78 is 0. The minimum absolute atomic E-state index is 0. The van der Waals surface area contributed by atoms with Gasteiger partial charge in [-0.2, -0.15) is 0 Å². The topological polar surface area (TPSA) is 40.5 Å². The van der Waals surface area contributed by atoms with Gasteiger partial charge in [-0.1, -0.05) is 0 Å². The van der Waals surface area contributed by atoms with E-state index in [1.807, 2.05) is 0 Å². The van der Waals surface area contributed by atoms with E-state index >= 15 is 0 Å². The van der Waals surface area contributed by atoms with Gasteiger partial charge in [-0.15, -0.1) is 0 Å². The van der Waals surface area contributed by atoms with Gasteiger partial charge >= 0.3 is 29.6 Å². The van der Waals surface area contributed by atoms with E-state index in [9.17, 15) is 0 Å². The van der Waals surface area contributed by atoms with E-state index in [0.29, 0.717) is 0 Å². The molecular formula is C4H10NaO2. The van der Waals surface area contributed by atoms with Gasteiger partial charge in [0.1, 0.15) is 0 Å². The van der Waals surface area contributed by atoms with E-state index in [1.54, 1.807) is 0 Å². The van der Waals surface area contributed by atoms with Crippen molar-refractivity contribution in [2.45, 2.75) is 19.1 Å². The van der Waals surface area contributed by atoms with E-state index < -0.39 is 12.2 Å². The predicted molar refractivity (Wildman–Crippen MR) is 30.2 cm³/mol. The van der Waals surface area contributed by atoms with Crippen LogP contribution in [-0.2, 0) is 0 Å². The first-order chi connectivity index (χ1) is 2.64. The Kier molecular flexibility index (Phi) is 7.83. The fourth-order valence-corrected chi connectivity index (χ4v) is 0. The zero-order valence-corrected chi connectivity index (χ0v) is 3.76. The second kappa shape index (κ2) is 5.06. The maximum absolute atomic E-state index is 8.32. The molecule has 0 aliphatic heterocycles. The first-order valence-electron chi connectivity index (χ1n) is 1.84. The van der Waals surface area contributed by atoms with Crippen LogP contribution in [0.25, 0.3) is 0 Å². The minimum atomic E-state index is -0.843. The Balaban J connectivity index is 0. The molecule has 2 nitrogen and oxygen atoms in total. The summed E-state index contributed by atoms with van der Waals surface area (Å²) in [6, 6.07) is 0. The van der Waals surface area contributed by atoms with Crippen molar-refractivity contribution in [2.24, 2.45) is 0 Å². The Bertz CT molecular complexity index is 30.7. The number of hydrogen-bond donors (Lipinski definition) is 2. The van der Waals surface area contributed by atoms with E-state index in [2.05, 4.69) is 6.92 Å². The number of aliphatic hydroxyl groups excluding tert-OH is 2. The van der Waals surface area contributed by atoms with Gasteiger partial charge in [0.15, 0.2) is 0 Å². The maximum atomic E-state index is 8.32. The van der Waals surface area contributed by atoms with Gasteiger partial charge in [-0.3, -0.25) is 0 Å². The zero-order valence-electron chi connectivity index (χ0n) is 3.76. The van der Waals surface area contributed by atoms with Crippen LogP contribution < -0.4 is 0 Å². The van der Waals surface area contributed by atoms with Crippen LogP contribution in [0.1, 0.15) is 6.92 Å². The summed E-state index contributed by atoms with van der Waals surface area (Å²) in [5, 5.41) is 16.6. The van der Waals surface area contributed by atoms with E-state index in [0.717, 1.165) is 0 Å². The molecule has 0 aliphatic rings. The van der Waals surface area contributed by atoms with Crippen LogP contribution in [0.2, 0.25) is 0 Å². The molecule has 0 saturated heterocycles. The first kappa shape index (κ1) is 10.8.